The monoisotopic (exact) mass is 374 g/mol. The predicted molar refractivity (Wildman–Crippen MR) is 109 cm³/mol. The molecule has 4 heteroatoms. The topological polar surface area (TPSA) is 52.6 Å². The van der Waals surface area contributed by atoms with Gasteiger partial charge in [0.1, 0.15) is 0 Å². The van der Waals surface area contributed by atoms with Crippen molar-refractivity contribution in [3.63, 3.8) is 0 Å². The lowest BCUT2D eigenvalue weighted by Gasteiger charge is -2.07. The smallest absolute Gasteiger partial charge is 0.338 e. The number of benzene rings is 1. The molecule has 1 rings (SSSR count). The second-order valence-corrected chi connectivity index (χ2v) is 6.64. The highest BCUT2D eigenvalue weighted by atomic mass is 16.5. The van der Waals surface area contributed by atoms with Gasteiger partial charge >= 0.3 is 11.9 Å². The number of esters is 2. The number of allylic oxidation sites excluding steroid dienone is 1. The fraction of sp³-hybridized carbons (Fsp3) is 0.565. The van der Waals surface area contributed by atoms with Crippen molar-refractivity contribution in [2.75, 3.05) is 13.2 Å². The number of hydrogen-bond donors (Lipinski definition) is 0. The van der Waals surface area contributed by atoms with Gasteiger partial charge in [0.25, 0.3) is 0 Å². The van der Waals surface area contributed by atoms with E-state index in [9.17, 15) is 9.59 Å². The molecule has 0 radical (unpaired) electrons. The largest absolute Gasteiger partial charge is 0.462 e. The van der Waals surface area contributed by atoms with Crippen LogP contribution in [0.3, 0.4) is 0 Å². The second kappa shape index (κ2) is 15.0. The summed E-state index contributed by atoms with van der Waals surface area (Å²) in [5.74, 6) is -0.803. The van der Waals surface area contributed by atoms with Crippen LogP contribution in [0.1, 0.15) is 92.4 Å². The van der Waals surface area contributed by atoms with Crippen LogP contribution in [-0.4, -0.2) is 25.2 Å². The number of unbranched alkanes of at least 4 members (excludes halogenated alkanes) is 6. The Morgan fingerprint density at radius 1 is 0.815 bits per heavy atom. The molecule has 0 N–H and O–H groups in total. The van der Waals surface area contributed by atoms with Crippen LogP contribution in [0.2, 0.25) is 0 Å². The van der Waals surface area contributed by atoms with E-state index in [4.69, 9.17) is 9.47 Å². The number of ether oxygens (including phenoxy) is 2. The number of hydrogen-bond acceptors (Lipinski definition) is 4. The summed E-state index contributed by atoms with van der Waals surface area (Å²) in [7, 11) is 0. The second-order valence-electron chi connectivity index (χ2n) is 6.64. The Labute approximate surface area is 163 Å². The zero-order valence-electron chi connectivity index (χ0n) is 16.9. The van der Waals surface area contributed by atoms with Crippen LogP contribution in [0, 0.1) is 0 Å². The molecule has 0 aliphatic carbocycles. The molecule has 0 saturated heterocycles. The summed E-state index contributed by atoms with van der Waals surface area (Å²) in [5, 5.41) is 0. The fourth-order valence-corrected chi connectivity index (χ4v) is 2.67. The van der Waals surface area contributed by atoms with E-state index in [1.54, 1.807) is 18.2 Å². The fourth-order valence-electron chi connectivity index (χ4n) is 2.67. The van der Waals surface area contributed by atoms with Gasteiger partial charge in [-0.3, -0.25) is 0 Å². The minimum absolute atomic E-state index is 0.336. The van der Waals surface area contributed by atoms with Gasteiger partial charge in [-0.15, -0.1) is 0 Å². The highest BCUT2D eigenvalue weighted by molar-refractivity contribution is 5.95. The Balaban J connectivity index is 2.31. The van der Waals surface area contributed by atoms with Gasteiger partial charge in [0.2, 0.25) is 0 Å². The molecule has 0 aliphatic rings. The summed E-state index contributed by atoms with van der Waals surface area (Å²) in [4.78, 5) is 24.2. The van der Waals surface area contributed by atoms with Crippen molar-refractivity contribution in [1.29, 1.82) is 0 Å². The minimum atomic E-state index is -0.415. The van der Waals surface area contributed by atoms with E-state index in [0.717, 1.165) is 19.3 Å². The maximum atomic E-state index is 12.1. The SMILES string of the molecule is CC/C=C\CCOC(=O)c1cccc(C(=O)OCCCCCCCCC)c1. The molecule has 0 bridgehead atoms. The Kier molecular flexibility index (Phi) is 12.7. The third-order valence-corrected chi connectivity index (χ3v) is 4.24. The number of carbonyl (C=O) groups is 2. The van der Waals surface area contributed by atoms with Crippen LogP contribution < -0.4 is 0 Å². The average molecular weight is 375 g/mol. The number of carbonyl (C=O) groups excluding carboxylic acids is 2. The van der Waals surface area contributed by atoms with Gasteiger partial charge in [-0.25, -0.2) is 9.59 Å². The summed E-state index contributed by atoms with van der Waals surface area (Å²) in [6.07, 6.45) is 13.9. The Bertz CT molecular complexity index is 577. The molecule has 0 atom stereocenters. The zero-order chi connectivity index (χ0) is 19.7. The normalized spacial score (nSPS) is 10.9. The molecule has 0 saturated carbocycles. The molecule has 0 heterocycles. The van der Waals surface area contributed by atoms with E-state index >= 15 is 0 Å². The molecular weight excluding hydrogens is 340 g/mol. The summed E-state index contributed by atoms with van der Waals surface area (Å²) in [6.45, 7) is 5.02. The van der Waals surface area contributed by atoms with Gasteiger partial charge in [-0.1, -0.05) is 70.6 Å². The Morgan fingerprint density at radius 3 is 2.04 bits per heavy atom. The quantitative estimate of drug-likeness (QED) is 0.224. The molecule has 150 valence electrons. The van der Waals surface area contributed by atoms with E-state index in [2.05, 4.69) is 13.8 Å². The maximum Gasteiger partial charge on any atom is 0.338 e. The first-order valence-electron chi connectivity index (χ1n) is 10.3. The number of rotatable bonds is 14. The third-order valence-electron chi connectivity index (χ3n) is 4.24. The van der Waals surface area contributed by atoms with Crippen molar-refractivity contribution >= 4 is 11.9 Å². The van der Waals surface area contributed by atoms with Crippen LogP contribution in [0.5, 0.6) is 0 Å². The van der Waals surface area contributed by atoms with E-state index in [1.165, 1.54) is 38.2 Å². The lowest BCUT2D eigenvalue weighted by molar-refractivity contribution is 0.0497. The lowest BCUT2D eigenvalue weighted by Crippen LogP contribution is -2.10. The zero-order valence-corrected chi connectivity index (χ0v) is 16.9. The summed E-state index contributed by atoms with van der Waals surface area (Å²) < 4.78 is 10.5. The van der Waals surface area contributed by atoms with Crippen molar-refractivity contribution in [2.45, 2.75) is 71.6 Å². The molecule has 4 nitrogen and oxygen atoms in total. The molecule has 27 heavy (non-hydrogen) atoms. The first-order valence-corrected chi connectivity index (χ1v) is 10.3. The molecule has 1 aromatic rings. The van der Waals surface area contributed by atoms with E-state index in [-0.39, 0.29) is 5.97 Å². The molecule has 0 unspecified atom stereocenters. The molecule has 0 aromatic heterocycles. The average Bonchev–Trinajstić information content (AvgIpc) is 2.69. The minimum Gasteiger partial charge on any atom is -0.462 e. The van der Waals surface area contributed by atoms with E-state index < -0.39 is 5.97 Å². The van der Waals surface area contributed by atoms with Crippen LogP contribution in [-0.2, 0) is 9.47 Å². The molecule has 0 spiro atoms. The summed E-state index contributed by atoms with van der Waals surface area (Å²) in [6, 6.07) is 6.53. The molecule has 1 aromatic carbocycles. The van der Waals surface area contributed by atoms with Crippen LogP contribution in [0.25, 0.3) is 0 Å². The van der Waals surface area contributed by atoms with Crippen molar-refractivity contribution in [2.24, 2.45) is 0 Å². The Hall–Kier alpha value is -2.10. The summed E-state index contributed by atoms with van der Waals surface area (Å²) >= 11 is 0. The standard InChI is InChI=1S/C23H34O4/c1-3-5-7-9-10-11-13-18-27-23(25)21-16-14-15-20(19-21)22(24)26-17-12-8-6-4-2/h6,8,14-16,19H,3-5,7,9-13,17-18H2,1-2H3/b8-6-. The van der Waals surface area contributed by atoms with Gasteiger partial charge in [0.15, 0.2) is 0 Å². The molecular formula is C23H34O4. The van der Waals surface area contributed by atoms with Gasteiger partial charge in [0.05, 0.1) is 24.3 Å². The highest BCUT2D eigenvalue weighted by Crippen LogP contribution is 2.10. The highest BCUT2D eigenvalue weighted by Gasteiger charge is 2.12. The molecule has 0 fully saturated rings. The van der Waals surface area contributed by atoms with Gasteiger partial charge in [-0.05, 0) is 37.5 Å². The molecule has 0 aliphatic heterocycles. The van der Waals surface area contributed by atoms with Crippen molar-refractivity contribution < 1.29 is 19.1 Å². The third kappa shape index (κ3) is 10.6. The van der Waals surface area contributed by atoms with Crippen molar-refractivity contribution in [1.82, 2.24) is 0 Å². The van der Waals surface area contributed by atoms with Gasteiger partial charge in [0, 0.05) is 0 Å². The maximum absolute atomic E-state index is 12.1. The first-order chi connectivity index (χ1) is 13.2. The van der Waals surface area contributed by atoms with E-state index in [0.29, 0.717) is 30.8 Å². The lowest BCUT2D eigenvalue weighted by atomic mass is 10.1. The Morgan fingerprint density at radius 2 is 1.41 bits per heavy atom. The van der Waals surface area contributed by atoms with E-state index in [1.807, 2.05) is 12.2 Å². The van der Waals surface area contributed by atoms with Crippen molar-refractivity contribution in [3.05, 3.63) is 47.5 Å². The van der Waals surface area contributed by atoms with Crippen molar-refractivity contribution in [3.8, 4) is 0 Å². The van der Waals surface area contributed by atoms with Gasteiger partial charge in [-0.2, -0.15) is 0 Å². The predicted octanol–water partition coefficient (Wildman–Crippen LogP) is 6.11. The van der Waals surface area contributed by atoms with Gasteiger partial charge < -0.3 is 9.47 Å². The van der Waals surface area contributed by atoms with Crippen LogP contribution in [0.4, 0.5) is 0 Å². The first kappa shape index (κ1) is 22.9. The van der Waals surface area contributed by atoms with Crippen LogP contribution in [0.15, 0.2) is 36.4 Å². The summed E-state index contributed by atoms with van der Waals surface area (Å²) in [5.41, 5.74) is 0.762. The molecule has 0 amide bonds. The van der Waals surface area contributed by atoms with Crippen LogP contribution >= 0.6 is 0 Å².